The molecule has 1 rings (SSSR count). The number of carbonyl (C=O) groups is 1. The van der Waals surface area contributed by atoms with Crippen LogP contribution in [0.15, 0.2) is 28.8 Å². The van der Waals surface area contributed by atoms with Gasteiger partial charge < -0.3 is 14.9 Å². The van der Waals surface area contributed by atoms with E-state index in [1.54, 1.807) is 13.0 Å². The van der Waals surface area contributed by atoms with E-state index in [9.17, 15) is 19.4 Å². The molecule has 1 aromatic carbocycles. The number of aliphatic imine (C=N–C) groups is 1. The number of nitrogens with zero attached hydrogens (tertiary/aromatic N) is 1. The first kappa shape index (κ1) is 21.6. The standard InChI is InChI=1S/C18H23FINO4/c1-5-25-17(24)13(9-21-15(10-22)18(2,3)4)16(23)12-8-11(20)6-7-14(12)19/h6-9,15,22-23H,5,10H2,1-4H3/t15-/m1/s1. The van der Waals surface area contributed by atoms with Gasteiger partial charge in [0, 0.05) is 9.78 Å². The van der Waals surface area contributed by atoms with Gasteiger partial charge in [-0.25, -0.2) is 9.18 Å². The molecule has 0 aliphatic heterocycles. The molecule has 0 saturated heterocycles. The molecule has 0 bridgehead atoms. The molecular weight excluding hydrogens is 440 g/mol. The predicted octanol–water partition coefficient (Wildman–Crippen LogP) is 3.74. The van der Waals surface area contributed by atoms with E-state index >= 15 is 0 Å². The van der Waals surface area contributed by atoms with Gasteiger partial charge in [-0.3, -0.25) is 4.99 Å². The van der Waals surface area contributed by atoms with Crippen molar-refractivity contribution in [1.29, 1.82) is 0 Å². The molecule has 138 valence electrons. The average molecular weight is 463 g/mol. The number of hydrogen-bond donors (Lipinski definition) is 2. The number of carbonyl (C=O) groups excluding carboxylic acids is 1. The first-order valence-electron chi connectivity index (χ1n) is 7.81. The molecule has 1 aromatic rings. The summed E-state index contributed by atoms with van der Waals surface area (Å²) >= 11 is 1.98. The average Bonchev–Trinajstić information content (AvgIpc) is 2.52. The summed E-state index contributed by atoms with van der Waals surface area (Å²) in [6.45, 7) is 7.16. The maximum absolute atomic E-state index is 14.0. The zero-order valence-electron chi connectivity index (χ0n) is 14.7. The topological polar surface area (TPSA) is 79.1 Å². The zero-order chi connectivity index (χ0) is 19.2. The van der Waals surface area contributed by atoms with E-state index in [0.29, 0.717) is 3.57 Å². The molecule has 0 aliphatic carbocycles. The first-order chi connectivity index (χ1) is 11.6. The van der Waals surface area contributed by atoms with Gasteiger partial charge in [0.15, 0.2) is 0 Å². The number of benzene rings is 1. The molecule has 1 atom stereocenters. The number of hydrogen-bond acceptors (Lipinski definition) is 5. The van der Waals surface area contributed by atoms with E-state index in [1.807, 2.05) is 43.4 Å². The van der Waals surface area contributed by atoms with Crippen molar-refractivity contribution in [1.82, 2.24) is 0 Å². The highest BCUT2D eigenvalue weighted by atomic mass is 127. The number of rotatable bonds is 6. The van der Waals surface area contributed by atoms with Crippen molar-refractivity contribution in [2.75, 3.05) is 13.2 Å². The molecule has 5 nitrogen and oxygen atoms in total. The van der Waals surface area contributed by atoms with Gasteiger partial charge in [-0.2, -0.15) is 0 Å². The molecule has 0 saturated carbocycles. The van der Waals surface area contributed by atoms with Gasteiger partial charge >= 0.3 is 5.97 Å². The molecular formula is C18H23FINO4. The van der Waals surface area contributed by atoms with Gasteiger partial charge in [-0.05, 0) is 53.1 Å². The van der Waals surface area contributed by atoms with E-state index in [-0.39, 0.29) is 29.8 Å². The second-order valence-corrected chi connectivity index (χ2v) is 7.70. The Morgan fingerprint density at radius 2 is 2.08 bits per heavy atom. The molecule has 0 aliphatic rings. The third-order valence-corrected chi connectivity index (χ3v) is 4.16. The van der Waals surface area contributed by atoms with Crippen LogP contribution in [0.1, 0.15) is 33.3 Å². The summed E-state index contributed by atoms with van der Waals surface area (Å²) in [5.74, 6) is -2.03. The Balaban J connectivity index is 3.42. The summed E-state index contributed by atoms with van der Waals surface area (Å²) in [6, 6.07) is 3.68. The fraction of sp³-hybridized carbons (Fsp3) is 0.444. The van der Waals surface area contributed by atoms with Crippen molar-refractivity contribution in [2.24, 2.45) is 10.4 Å². The molecule has 0 unspecified atom stereocenters. The Bertz CT molecular complexity index is 680. The predicted molar refractivity (Wildman–Crippen MR) is 104 cm³/mol. The van der Waals surface area contributed by atoms with Crippen LogP contribution in [0, 0.1) is 14.8 Å². The summed E-state index contributed by atoms with van der Waals surface area (Å²) in [4.78, 5) is 16.4. The van der Waals surface area contributed by atoms with Crippen molar-refractivity contribution in [3.05, 3.63) is 38.7 Å². The van der Waals surface area contributed by atoms with Crippen LogP contribution in [0.2, 0.25) is 0 Å². The molecule has 0 amide bonds. The molecule has 0 aromatic heterocycles. The summed E-state index contributed by atoms with van der Waals surface area (Å²) in [5, 5.41) is 19.9. The van der Waals surface area contributed by atoms with Crippen molar-refractivity contribution in [2.45, 2.75) is 33.7 Å². The van der Waals surface area contributed by atoms with Crippen LogP contribution < -0.4 is 0 Å². The smallest absolute Gasteiger partial charge is 0.343 e. The lowest BCUT2D eigenvalue weighted by molar-refractivity contribution is -0.137. The Kier molecular flexibility index (Phi) is 8.01. The molecule has 0 radical (unpaired) electrons. The third kappa shape index (κ3) is 6.07. The Hall–Kier alpha value is -1.48. The molecule has 2 N–H and O–H groups in total. The van der Waals surface area contributed by atoms with E-state index in [4.69, 9.17) is 4.74 Å². The lowest BCUT2D eigenvalue weighted by atomic mass is 9.88. The SMILES string of the molecule is CCOC(=O)C(C=N[C@H](CO)C(C)(C)C)=C(O)c1cc(I)ccc1F. The van der Waals surface area contributed by atoms with Crippen LogP contribution in [-0.2, 0) is 9.53 Å². The zero-order valence-corrected chi connectivity index (χ0v) is 16.9. The highest BCUT2D eigenvalue weighted by Crippen LogP contribution is 2.24. The second-order valence-electron chi connectivity index (χ2n) is 6.45. The number of ether oxygens (including phenoxy) is 1. The van der Waals surface area contributed by atoms with Crippen LogP contribution in [0.5, 0.6) is 0 Å². The van der Waals surface area contributed by atoms with Crippen LogP contribution in [0.25, 0.3) is 5.76 Å². The normalized spacial score (nSPS) is 14.4. The molecule has 25 heavy (non-hydrogen) atoms. The van der Waals surface area contributed by atoms with Gasteiger partial charge in [0.05, 0.1) is 24.8 Å². The van der Waals surface area contributed by atoms with Crippen molar-refractivity contribution < 1.29 is 24.1 Å². The minimum Gasteiger partial charge on any atom is -0.506 e. The van der Waals surface area contributed by atoms with Crippen molar-refractivity contribution >= 4 is 40.5 Å². The van der Waals surface area contributed by atoms with Crippen LogP contribution >= 0.6 is 22.6 Å². The number of aliphatic hydroxyl groups excluding tert-OH is 2. The van der Waals surface area contributed by atoms with Gasteiger partial charge in [-0.15, -0.1) is 0 Å². The quantitative estimate of drug-likeness (QED) is 0.222. The lowest BCUT2D eigenvalue weighted by Crippen LogP contribution is -2.28. The highest BCUT2D eigenvalue weighted by molar-refractivity contribution is 14.1. The summed E-state index contributed by atoms with van der Waals surface area (Å²) in [7, 11) is 0. The Morgan fingerprint density at radius 1 is 1.44 bits per heavy atom. The third-order valence-electron chi connectivity index (χ3n) is 3.49. The summed E-state index contributed by atoms with van der Waals surface area (Å²) in [6.07, 6.45) is 1.14. The van der Waals surface area contributed by atoms with Gasteiger partial charge in [0.25, 0.3) is 0 Å². The Labute approximate surface area is 160 Å². The minimum atomic E-state index is -0.812. The van der Waals surface area contributed by atoms with Gasteiger partial charge in [-0.1, -0.05) is 20.8 Å². The van der Waals surface area contributed by atoms with E-state index in [2.05, 4.69) is 4.99 Å². The fourth-order valence-corrected chi connectivity index (χ4v) is 2.44. The fourth-order valence-electron chi connectivity index (χ4n) is 1.95. The second kappa shape index (κ2) is 9.28. The minimum absolute atomic E-state index is 0.0982. The first-order valence-corrected chi connectivity index (χ1v) is 8.89. The lowest BCUT2D eigenvalue weighted by Gasteiger charge is -2.25. The number of halogens is 2. The maximum Gasteiger partial charge on any atom is 0.343 e. The largest absolute Gasteiger partial charge is 0.506 e. The summed E-state index contributed by atoms with van der Waals surface area (Å²) < 4.78 is 19.7. The number of esters is 1. The van der Waals surface area contributed by atoms with E-state index in [1.165, 1.54) is 12.1 Å². The molecule has 7 heteroatoms. The van der Waals surface area contributed by atoms with Gasteiger partial charge in [0.2, 0.25) is 0 Å². The molecule has 0 spiro atoms. The monoisotopic (exact) mass is 463 g/mol. The highest BCUT2D eigenvalue weighted by Gasteiger charge is 2.24. The number of aliphatic hydroxyl groups is 2. The molecule has 0 heterocycles. The van der Waals surface area contributed by atoms with Crippen LogP contribution in [0.3, 0.4) is 0 Å². The maximum atomic E-state index is 14.0. The van der Waals surface area contributed by atoms with Crippen molar-refractivity contribution in [3.8, 4) is 0 Å². The van der Waals surface area contributed by atoms with Crippen LogP contribution in [0.4, 0.5) is 4.39 Å². The van der Waals surface area contributed by atoms with Gasteiger partial charge in [0.1, 0.15) is 17.1 Å². The summed E-state index contributed by atoms with van der Waals surface area (Å²) in [5.41, 5.74) is -0.725. The molecule has 0 fully saturated rings. The van der Waals surface area contributed by atoms with E-state index < -0.39 is 23.6 Å². The van der Waals surface area contributed by atoms with Crippen molar-refractivity contribution in [3.63, 3.8) is 0 Å². The van der Waals surface area contributed by atoms with Crippen LogP contribution in [-0.4, -0.2) is 41.7 Å². The Morgan fingerprint density at radius 3 is 2.60 bits per heavy atom. The van der Waals surface area contributed by atoms with E-state index in [0.717, 1.165) is 6.21 Å².